The average molecular weight is 364 g/mol. The first-order valence-corrected chi connectivity index (χ1v) is 8.04. The lowest BCUT2D eigenvalue weighted by Crippen LogP contribution is -2.33. The molecule has 0 aromatic heterocycles. The van der Waals surface area contributed by atoms with Crippen LogP contribution in [-0.2, 0) is 6.54 Å². The summed E-state index contributed by atoms with van der Waals surface area (Å²) in [5.41, 5.74) is 5.59. The summed E-state index contributed by atoms with van der Waals surface area (Å²) in [5, 5.41) is 11.3. The molecule has 1 aliphatic carbocycles. The lowest BCUT2D eigenvalue weighted by molar-refractivity contribution is -0.383. The van der Waals surface area contributed by atoms with Crippen LogP contribution in [0.1, 0.15) is 28.8 Å². The zero-order valence-electron chi connectivity index (χ0n) is 13.1. The molecule has 25 heavy (non-hydrogen) atoms. The molecule has 8 heteroatoms. The Bertz CT molecular complexity index is 835. The fourth-order valence-electron chi connectivity index (χ4n) is 2.61. The Hall–Kier alpha value is -2.67. The molecule has 3 rings (SSSR count). The van der Waals surface area contributed by atoms with Gasteiger partial charge in [0.1, 0.15) is 11.5 Å². The zero-order chi connectivity index (χ0) is 18.1. The van der Waals surface area contributed by atoms with Gasteiger partial charge in [-0.05, 0) is 37.1 Å². The second kappa shape index (κ2) is 6.68. The second-order valence-corrected chi connectivity index (χ2v) is 6.30. The summed E-state index contributed by atoms with van der Waals surface area (Å²) in [6, 6.07) is 8.22. The average Bonchev–Trinajstić information content (AvgIpc) is 3.39. The maximum atomic E-state index is 14.1. The number of carbonyl (C=O) groups excluding carboxylic acids is 1. The second-order valence-electron chi connectivity index (χ2n) is 5.90. The first kappa shape index (κ1) is 17.2. The molecule has 0 atom stereocenters. The number of halogens is 2. The molecule has 0 unspecified atom stereocenters. The number of hydrogen-bond acceptors (Lipinski definition) is 4. The highest BCUT2D eigenvalue weighted by Crippen LogP contribution is 2.33. The van der Waals surface area contributed by atoms with Gasteiger partial charge in [0.2, 0.25) is 0 Å². The van der Waals surface area contributed by atoms with Gasteiger partial charge in [-0.15, -0.1) is 0 Å². The third kappa shape index (κ3) is 3.56. The lowest BCUT2D eigenvalue weighted by atomic mass is 10.1. The molecular formula is C17H15ClFN3O3. The lowest BCUT2D eigenvalue weighted by Gasteiger charge is -2.23. The molecular weight excluding hydrogens is 349 g/mol. The molecule has 0 saturated heterocycles. The Kier molecular flexibility index (Phi) is 4.59. The van der Waals surface area contributed by atoms with E-state index in [1.165, 1.54) is 29.2 Å². The standard InChI is InChI=1S/C17H15ClFN3O3/c18-13-2-1-3-14(19)12(13)9-21(11-5-6-11)17(23)10-4-7-15(20)16(8-10)22(24)25/h1-4,7-8,11H,5-6,9,20H2. The highest BCUT2D eigenvalue weighted by molar-refractivity contribution is 6.31. The number of amides is 1. The molecule has 1 saturated carbocycles. The smallest absolute Gasteiger partial charge is 0.292 e. The molecule has 2 aromatic carbocycles. The molecule has 1 aliphatic rings. The normalized spacial score (nSPS) is 13.5. The van der Waals surface area contributed by atoms with Crippen molar-refractivity contribution < 1.29 is 14.1 Å². The number of nitro groups is 1. The number of anilines is 1. The van der Waals surface area contributed by atoms with Crippen LogP contribution < -0.4 is 5.73 Å². The Morgan fingerprint density at radius 1 is 1.36 bits per heavy atom. The molecule has 0 heterocycles. The third-order valence-corrected chi connectivity index (χ3v) is 4.47. The van der Waals surface area contributed by atoms with Gasteiger partial charge in [0.25, 0.3) is 11.6 Å². The van der Waals surface area contributed by atoms with Crippen molar-refractivity contribution in [2.75, 3.05) is 5.73 Å². The summed E-state index contributed by atoms with van der Waals surface area (Å²) < 4.78 is 14.1. The Labute approximate surface area is 148 Å². The minimum Gasteiger partial charge on any atom is -0.393 e. The predicted octanol–water partition coefficient (Wildman–Crippen LogP) is 3.77. The molecule has 2 aromatic rings. The molecule has 2 N–H and O–H groups in total. The van der Waals surface area contributed by atoms with Crippen molar-refractivity contribution in [2.45, 2.75) is 25.4 Å². The minimum atomic E-state index is -0.638. The van der Waals surface area contributed by atoms with Crippen LogP contribution in [0.25, 0.3) is 0 Å². The Balaban J connectivity index is 1.92. The van der Waals surface area contributed by atoms with E-state index in [9.17, 15) is 19.3 Å². The van der Waals surface area contributed by atoms with Crippen LogP contribution >= 0.6 is 11.6 Å². The van der Waals surface area contributed by atoms with E-state index in [4.69, 9.17) is 17.3 Å². The fourth-order valence-corrected chi connectivity index (χ4v) is 2.83. The van der Waals surface area contributed by atoms with Crippen LogP contribution in [0.15, 0.2) is 36.4 Å². The molecule has 1 fully saturated rings. The predicted molar refractivity (Wildman–Crippen MR) is 91.8 cm³/mol. The summed E-state index contributed by atoms with van der Waals surface area (Å²) in [7, 11) is 0. The van der Waals surface area contributed by atoms with Gasteiger partial charge in [-0.1, -0.05) is 17.7 Å². The summed E-state index contributed by atoms with van der Waals surface area (Å²) in [5.74, 6) is -0.904. The van der Waals surface area contributed by atoms with Crippen molar-refractivity contribution in [1.82, 2.24) is 4.90 Å². The molecule has 0 bridgehead atoms. The number of nitro benzene ring substituents is 1. The summed E-state index contributed by atoms with van der Waals surface area (Å²) in [4.78, 5) is 24.7. The van der Waals surface area contributed by atoms with Crippen LogP contribution in [0.5, 0.6) is 0 Å². The highest BCUT2D eigenvalue weighted by Gasteiger charge is 2.34. The van der Waals surface area contributed by atoms with Gasteiger partial charge >= 0.3 is 0 Å². The number of nitrogens with two attached hydrogens (primary N) is 1. The summed E-state index contributed by atoms with van der Waals surface area (Å²) >= 11 is 6.05. The van der Waals surface area contributed by atoms with Gasteiger partial charge < -0.3 is 10.6 Å². The van der Waals surface area contributed by atoms with E-state index in [1.807, 2.05) is 0 Å². The summed E-state index contributed by atoms with van der Waals surface area (Å²) in [6.45, 7) is 0.00712. The maximum absolute atomic E-state index is 14.1. The zero-order valence-corrected chi connectivity index (χ0v) is 13.9. The first-order chi connectivity index (χ1) is 11.9. The highest BCUT2D eigenvalue weighted by atomic mass is 35.5. The van der Waals surface area contributed by atoms with Crippen LogP contribution in [0, 0.1) is 15.9 Å². The molecule has 0 aliphatic heterocycles. The molecule has 0 radical (unpaired) electrons. The number of nitrogens with zero attached hydrogens (tertiary/aromatic N) is 2. The number of hydrogen-bond donors (Lipinski definition) is 1. The number of nitrogen functional groups attached to an aromatic ring is 1. The van der Waals surface area contributed by atoms with Crippen molar-refractivity contribution in [3.8, 4) is 0 Å². The van der Waals surface area contributed by atoms with Gasteiger partial charge in [-0.25, -0.2) is 4.39 Å². The van der Waals surface area contributed by atoms with Crippen molar-refractivity contribution >= 4 is 28.9 Å². The number of rotatable bonds is 5. The maximum Gasteiger partial charge on any atom is 0.292 e. The Morgan fingerprint density at radius 3 is 2.68 bits per heavy atom. The molecule has 6 nitrogen and oxygen atoms in total. The summed E-state index contributed by atoms with van der Waals surface area (Å²) in [6.07, 6.45) is 1.60. The van der Waals surface area contributed by atoms with E-state index in [2.05, 4.69) is 0 Å². The van der Waals surface area contributed by atoms with E-state index in [1.54, 1.807) is 6.07 Å². The topological polar surface area (TPSA) is 89.5 Å². The number of carbonyl (C=O) groups is 1. The number of benzene rings is 2. The van der Waals surface area contributed by atoms with Crippen molar-refractivity contribution in [3.05, 3.63) is 68.5 Å². The minimum absolute atomic E-state index is 0.00712. The van der Waals surface area contributed by atoms with E-state index in [-0.39, 0.29) is 40.1 Å². The van der Waals surface area contributed by atoms with Crippen molar-refractivity contribution in [1.29, 1.82) is 0 Å². The van der Waals surface area contributed by atoms with Crippen molar-refractivity contribution in [2.24, 2.45) is 0 Å². The van der Waals surface area contributed by atoms with E-state index < -0.39 is 16.6 Å². The SMILES string of the molecule is Nc1ccc(C(=O)N(Cc2c(F)cccc2Cl)C2CC2)cc1[N+](=O)[O-]. The molecule has 1 amide bonds. The van der Waals surface area contributed by atoms with E-state index in [0.717, 1.165) is 18.9 Å². The van der Waals surface area contributed by atoms with Crippen LogP contribution in [0.2, 0.25) is 5.02 Å². The first-order valence-electron chi connectivity index (χ1n) is 7.66. The van der Waals surface area contributed by atoms with Crippen LogP contribution in [-0.4, -0.2) is 21.8 Å². The van der Waals surface area contributed by atoms with Crippen LogP contribution in [0.3, 0.4) is 0 Å². The fraction of sp³-hybridized carbons (Fsp3) is 0.235. The van der Waals surface area contributed by atoms with Gasteiger partial charge in [0.05, 0.1) is 11.5 Å². The quantitative estimate of drug-likeness (QED) is 0.497. The van der Waals surface area contributed by atoms with Gasteiger partial charge in [-0.3, -0.25) is 14.9 Å². The van der Waals surface area contributed by atoms with E-state index >= 15 is 0 Å². The molecule has 0 spiro atoms. The van der Waals surface area contributed by atoms with E-state index in [0.29, 0.717) is 0 Å². The van der Waals surface area contributed by atoms with Gasteiger partial charge in [0.15, 0.2) is 0 Å². The van der Waals surface area contributed by atoms with Gasteiger partial charge in [0, 0.05) is 28.3 Å². The van der Waals surface area contributed by atoms with Gasteiger partial charge in [-0.2, -0.15) is 0 Å². The van der Waals surface area contributed by atoms with Crippen LogP contribution in [0.4, 0.5) is 15.8 Å². The third-order valence-electron chi connectivity index (χ3n) is 4.11. The monoisotopic (exact) mass is 363 g/mol. The molecule has 130 valence electrons. The Morgan fingerprint density at radius 2 is 2.08 bits per heavy atom. The van der Waals surface area contributed by atoms with Crippen molar-refractivity contribution in [3.63, 3.8) is 0 Å². The largest absolute Gasteiger partial charge is 0.393 e.